The second-order valence-corrected chi connectivity index (χ2v) is 4.36. The molecule has 0 bridgehead atoms. The van der Waals surface area contributed by atoms with Gasteiger partial charge >= 0.3 is 0 Å². The van der Waals surface area contributed by atoms with Gasteiger partial charge in [-0.05, 0) is 37.9 Å². The first-order valence-electron chi connectivity index (χ1n) is 3.25. The summed E-state index contributed by atoms with van der Waals surface area (Å²) in [5.74, 6) is 0. The third-order valence-corrected chi connectivity index (χ3v) is 3.07. The second kappa shape index (κ2) is 4.79. The Hall–Kier alpha value is 0.450. The topological polar surface area (TPSA) is 12.9 Å². The van der Waals surface area contributed by atoms with Crippen LogP contribution in [-0.4, -0.2) is 4.98 Å². The maximum absolute atomic E-state index is 12.5. The molecule has 0 aromatic carbocycles. The number of halogens is 5. The Morgan fingerprint density at radius 3 is 2.46 bits per heavy atom. The molecule has 0 N–H and O–H groups in total. The highest BCUT2D eigenvalue weighted by molar-refractivity contribution is 9.11. The van der Waals surface area contributed by atoms with Gasteiger partial charge in [0.15, 0.2) is 0 Å². The fourth-order valence-corrected chi connectivity index (χ4v) is 3.04. The van der Waals surface area contributed by atoms with Crippen molar-refractivity contribution in [3.63, 3.8) is 0 Å². The standard InChI is InChI=1S/C7H4Br3F2N/c8-2-4-3(7(11)12)1-5(9)13-6(4)10/h1,7H,2H2. The van der Waals surface area contributed by atoms with E-state index < -0.39 is 6.43 Å². The number of pyridine rings is 1. The average molecular weight is 380 g/mol. The highest BCUT2D eigenvalue weighted by Gasteiger charge is 2.16. The Morgan fingerprint density at radius 2 is 2.00 bits per heavy atom. The molecule has 0 saturated heterocycles. The Labute approximate surface area is 99.3 Å². The zero-order valence-corrected chi connectivity index (χ0v) is 11.0. The van der Waals surface area contributed by atoms with Gasteiger partial charge in [0.2, 0.25) is 0 Å². The van der Waals surface area contributed by atoms with Crippen molar-refractivity contribution in [1.29, 1.82) is 0 Å². The molecule has 0 atom stereocenters. The van der Waals surface area contributed by atoms with Crippen molar-refractivity contribution in [2.45, 2.75) is 11.8 Å². The molecule has 0 aliphatic carbocycles. The zero-order chi connectivity index (χ0) is 10.0. The summed E-state index contributed by atoms with van der Waals surface area (Å²) in [6.07, 6.45) is -2.48. The Kier molecular flexibility index (Phi) is 4.25. The third kappa shape index (κ3) is 2.70. The minimum Gasteiger partial charge on any atom is -0.234 e. The lowest BCUT2D eigenvalue weighted by Gasteiger charge is -2.08. The summed E-state index contributed by atoms with van der Waals surface area (Å²) >= 11 is 9.31. The summed E-state index contributed by atoms with van der Waals surface area (Å²) in [6.45, 7) is 0. The average Bonchev–Trinajstić information content (AvgIpc) is 2.02. The largest absolute Gasteiger partial charge is 0.264 e. The molecule has 0 unspecified atom stereocenters. The summed E-state index contributed by atoms with van der Waals surface area (Å²) in [5.41, 5.74) is 0.476. The van der Waals surface area contributed by atoms with E-state index in [2.05, 4.69) is 52.8 Å². The van der Waals surface area contributed by atoms with Crippen molar-refractivity contribution >= 4 is 47.8 Å². The van der Waals surface area contributed by atoms with Crippen LogP contribution >= 0.6 is 47.8 Å². The van der Waals surface area contributed by atoms with Gasteiger partial charge < -0.3 is 0 Å². The van der Waals surface area contributed by atoms with E-state index in [0.717, 1.165) is 0 Å². The molecule has 13 heavy (non-hydrogen) atoms. The molecule has 6 heteroatoms. The number of hydrogen-bond acceptors (Lipinski definition) is 1. The Bertz CT molecular complexity index is 317. The van der Waals surface area contributed by atoms with E-state index in [0.29, 0.717) is 20.1 Å². The minimum absolute atomic E-state index is 0.00868. The summed E-state index contributed by atoms with van der Waals surface area (Å²) in [5, 5.41) is 0.355. The lowest BCUT2D eigenvalue weighted by molar-refractivity contribution is 0.150. The fourth-order valence-electron chi connectivity index (χ4n) is 0.855. The molecular formula is C7H4Br3F2N. The predicted molar refractivity (Wildman–Crippen MR) is 57.2 cm³/mol. The number of aromatic nitrogens is 1. The first-order chi connectivity index (χ1) is 6.06. The lowest BCUT2D eigenvalue weighted by atomic mass is 10.2. The Balaban J connectivity index is 3.29. The number of hydrogen-bond donors (Lipinski definition) is 0. The van der Waals surface area contributed by atoms with E-state index in [1.807, 2.05) is 0 Å². The van der Waals surface area contributed by atoms with Crippen LogP contribution in [0.4, 0.5) is 8.78 Å². The van der Waals surface area contributed by atoms with Gasteiger partial charge in [0.05, 0.1) is 0 Å². The fraction of sp³-hybridized carbons (Fsp3) is 0.286. The normalized spacial score (nSPS) is 10.9. The van der Waals surface area contributed by atoms with Crippen LogP contribution in [0, 0.1) is 0 Å². The van der Waals surface area contributed by atoms with Crippen LogP contribution in [-0.2, 0) is 5.33 Å². The van der Waals surface area contributed by atoms with Crippen LogP contribution in [0.1, 0.15) is 17.6 Å². The van der Waals surface area contributed by atoms with Gasteiger partial charge in [-0.25, -0.2) is 13.8 Å². The molecule has 0 saturated carbocycles. The summed E-state index contributed by atoms with van der Waals surface area (Å²) < 4.78 is 25.8. The first kappa shape index (κ1) is 11.5. The highest BCUT2D eigenvalue weighted by atomic mass is 79.9. The molecular weight excluding hydrogens is 376 g/mol. The number of alkyl halides is 3. The molecule has 1 nitrogen and oxygen atoms in total. The van der Waals surface area contributed by atoms with Crippen LogP contribution in [0.2, 0.25) is 0 Å². The Morgan fingerprint density at radius 1 is 1.38 bits per heavy atom. The van der Waals surface area contributed by atoms with Crippen LogP contribution in [0.5, 0.6) is 0 Å². The van der Waals surface area contributed by atoms with E-state index in [1.165, 1.54) is 6.07 Å². The quantitative estimate of drug-likeness (QED) is 0.547. The van der Waals surface area contributed by atoms with E-state index in [4.69, 9.17) is 0 Å². The predicted octanol–water partition coefficient (Wildman–Crippen LogP) is 4.44. The van der Waals surface area contributed by atoms with Gasteiger partial charge in [-0.15, -0.1) is 0 Å². The molecule has 0 aliphatic heterocycles. The van der Waals surface area contributed by atoms with Crippen LogP contribution in [0.3, 0.4) is 0 Å². The second-order valence-electron chi connectivity index (χ2n) is 2.24. The van der Waals surface area contributed by atoms with Crippen molar-refractivity contribution in [3.8, 4) is 0 Å². The summed E-state index contributed by atoms with van der Waals surface area (Å²) in [4.78, 5) is 3.96. The van der Waals surface area contributed by atoms with E-state index >= 15 is 0 Å². The first-order valence-corrected chi connectivity index (χ1v) is 5.96. The maximum Gasteiger partial charge on any atom is 0.264 e. The summed E-state index contributed by atoms with van der Waals surface area (Å²) in [6, 6.07) is 1.33. The molecule has 0 aliphatic rings. The van der Waals surface area contributed by atoms with E-state index in [-0.39, 0.29) is 5.56 Å². The van der Waals surface area contributed by atoms with E-state index in [9.17, 15) is 8.78 Å². The smallest absolute Gasteiger partial charge is 0.234 e. The molecule has 1 rings (SSSR count). The molecule has 0 radical (unpaired) electrons. The third-order valence-electron chi connectivity index (χ3n) is 1.45. The molecule has 72 valence electrons. The van der Waals surface area contributed by atoms with E-state index in [1.54, 1.807) is 0 Å². The number of rotatable bonds is 2. The lowest BCUT2D eigenvalue weighted by Crippen LogP contribution is -1.96. The van der Waals surface area contributed by atoms with Crippen molar-refractivity contribution in [1.82, 2.24) is 4.98 Å². The van der Waals surface area contributed by atoms with Gasteiger partial charge in [0.25, 0.3) is 6.43 Å². The molecule has 0 spiro atoms. The maximum atomic E-state index is 12.5. The van der Waals surface area contributed by atoms with Crippen molar-refractivity contribution in [2.24, 2.45) is 0 Å². The summed E-state index contributed by atoms with van der Waals surface area (Å²) in [7, 11) is 0. The molecule has 0 amide bonds. The zero-order valence-electron chi connectivity index (χ0n) is 6.20. The van der Waals surface area contributed by atoms with Crippen molar-refractivity contribution in [2.75, 3.05) is 0 Å². The molecule has 1 aromatic heterocycles. The molecule has 0 fully saturated rings. The highest BCUT2D eigenvalue weighted by Crippen LogP contribution is 2.31. The monoisotopic (exact) mass is 377 g/mol. The minimum atomic E-state index is -2.48. The SMILES string of the molecule is FC(F)c1cc(Br)nc(Br)c1CBr. The van der Waals surface area contributed by atoms with Gasteiger partial charge in [0.1, 0.15) is 9.21 Å². The van der Waals surface area contributed by atoms with Crippen LogP contribution < -0.4 is 0 Å². The van der Waals surface area contributed by atoms with Crippen LogP contribution in [0.25, 0.3) is 0 Å². The van der Waals surface area contributed by atoms with Gasteiger partial charge in [0, 0.05) is 16.5 Å². The van der Waals surface area contributed by atoms with Crippen molar-refractivity contribution in [3.05, 3.63) is 26.4 Å². The molecule has 1 aromatic rings. The van der Waals surface area contributed by atoms with Gasteiger partial charge in [-0.2, -0.15) is 0 Å². The van der Waals surface area contributed by atoms with Crippen molar-refractivity contribution < 1.29 is 8.78 Å². The number of nitrogens with zero attached hydrogens (tertiary/aromatic N) is 1. The van der Waals surface area contributed by atoms with Gasteiger partial charge in [-0.3, -0.25) is 0 Å². The van der Waals surface area contributed by atoms with Crippen LogP contribution in [0.15, 0.2) is 15.3 Å². The van der Waals surface area contributed by atoms with Gasteiger partial charge in [-0.1, -0.05) is 15.9 Å². The molecule has 1 heterocycles.